The van der Waals surface area contributed by atoms with Gasteiger partial charge in [-0.2, -0.15) is 36.5 Å². The van der Waals surface area contributed by atoms with Gasteiger partial charge in [-0.1, -0.05) is 52.5 Å². The molecule has 2 fully saturated rings. The van der Waals surface area contributed by atoms with Crippen LogP contribution in [0.2, 0.25) is 20.1 Å². The lowest BCUT2D eigenvalue weighted by Gasteiger charge is -2.41. The van der Waals surface area contributed by atoms with Crippen molar-refractivity contribution in [2.24, 2.45) is 5.73 Å². The van der Waals surface area contributed by atoms with Gasteiger partial charge in [-0.15, -0.1) is 0 Å². The van der Waals surface area contributed by atoms with Gasteiger partial charge >= 0.3 is 12.4 Å². The number of piperidine rings is 2. The van der Waals surface area contributed by atoms with Crippen molar-refractivity contribution in [1.82, 2.24) is 29.4 Å². The zero-order valence-electron chi connectivity index (χ0n) is 33.9. The van der Waals surface area contributed by atoms with Crippen molar-refractivity contribution in [3.63, 3.8) is 0 Å². The fourth-order valence-corrected chi connectivity index (χ4v) is 8.37. The summed E-state index contributed by atoms with van der Waals surface area (Å²) in [6, 6.07) is 10.7. The molecule has 2 aliphatic rings. The molecule has 0 spiro atoms. The number of ether oxygens (including phenoxy) is 2. The summed E-state index contributed by atoms with van der Waals surface area (Å²) >= 11 is 23.7. The standard InChI is InChI=1S/C20H19Cl2F3N4O2.C20H23Cl2F3N4O2/c1-12-17(22)18(20(23,24)25)27-29(12)11-16(30)28-8-6-19(26-2,7-9-28)13-4-5-14(21)15(10-13)31-3;1-12-17(22)18(20(23,24)25)27-29(12)10-16(30)28-7-5-19(11-26,6-8-28)13-3-4-14(21)15(9-13)31-2/h4-5,10H,6-9,11H2,1,3H3;3-4,9H,5-8,10-11,26H2,1-2H3. The number of hydrogen-bond acceptors (Lipinski definition) is 7. The third-order valence-corrected chi connectivity index (χ3v) is 13.0. The zero-order valence-corrected chi connectivity index (χ0v) is 36.9. The minimum atomic E-state index is -4.70. The Hall–Kier alpha value is -4.41. The summed E-state index contributed by atoms with van der Waals surface area (Å²) in [6.45, 7) is 11.6. The zero-order chi connectivity index (χ0) is 45.9. The van der Waals surface area contributed by atoms with Gasteiger partial charge < -0.3 is 29.9 Å². The molecule has 336 valence electrons. The quantitative estimate of drug-likeness (QED) is 0.131. The summed E-state index contributed by atoms with van der Waals surface area (Å²) < 4.78 is 90.5. The predicted octanol–water partition coefficient (Wildman–Crippen LogP) is 9.01. The van der Waals surface area contributed by atoms with Crippen molar-refractivity contribution in [3.05, 3.63) is 102 Å². The normalized spacial score (nSPS) is 16.3. The first-order valence-corrected chi connectivity index (χ1v) is 20.5. The lowest BCUT2D eigenvalue weighted by Crippen LogP contribution is -2.49. The van der Waals surface area contributed by atoms with Crippen LogP contribution < -0.4 is 15.2 Å². The Morgan fingerprint density at radius 3 is 1.47 bits per heavy atom. The Morgan fingerprint density at radius 2 is 1.11 bits per heavy atom. The number of nitrogens with two attached hydrogens (primary N) is 1. The molecule has 0 unspecified atom stereocenters. The van der Waals surface area contributed by atoms with E-state index in [-0.39, 0.29) is 54.8 Å². The van der Waals surface area contributed by atoms with Crippen molar-refractivity contribution >= 4 is 58.2 Å². The first-order chi connectivity index (χ1) is 29.0. The second kappa shape index (κ2) is 19.1. The molecule has 2 saturated heterocycles. The van der Waals surface area contributed by atoms with Gasteiger partial charge in [0.2, 0.25) is 11.8 Å². The summed E-state index contributed by atoms with van der Waals surface area (Å²) in [7, 11) is 3.03. The first kappa shape index (κ1) is 48.6. The topological polar surface area (TPSA) is 125 Å². The van der Waals surface area contributed by atoms with Crippen LogP contribution in [-0.2, 0) is 46.0 Å². The van der Waals surface area contributed by atoms with E-state index in [9.17, 15) is 35.9 Å². The predicted molar refractivity (Wildman–Crippen MR) is 221 cm³/mol. The Balaban J connectivity index is 0.000000234. The van der Waals surface area contributed by atoms with Gasteiger partial charge in [0.05, 0.1) is 45.7 Å². The van der Waals surface area contributed by atoms with E-state index in [1.807, 2.05) is 12.1 Å². The summed E-state index contributed by atoms with van der Waals surface area (Å²) in [4.78, 5) is 32.4. The van der Waals surface area contributed by atoms with Gasteiger partial charge in [-0.05, 0) is 62.6 Å². The van der Waals surface area contributed by atoms with Crippen molar-refractivity contribution in [2.45, 2.75) is 75.9 Å². The lowest BCUT2D eigenvalue weighted by atomic mass is 9.72. The number of rotatable bonds is 9. The second-order valence-electron chi connectivity index (χ2n) is 14.9. The summed E-state index contributed by atoms with van der Waals surface area (Å²) in [5.41, 5.74) is 4.45. The van der Waals surface area contributed by atoms with Gasteiger partial charge in [0.25, 0.3) is 5.54 Å². The molecule has 2 aromatic heterocycles. The third-order valence-electron chi connectivity index (χ3n) is 11.4. The number of amides is 2. The number of alkyl halides is 6. The molecule has 4 aromatic rings. The Kier molecular flexibility index (Phi) is 15.0. The van der Waals surface area contributed by atoms with Crippen LogP contribution >= 0.6 is 46.4 Å². The number of carbonyl (C=O) groups is 2. The molecule has 4 heterocycles. The average molecular weight is 955 g/mol. The van der Waals surface area contributed by atoms with E-state index in [1.54, 1.807) is 29.2 Å². The van der Waals surface area contributed by atoms with Crippen molar-refractivity contribution < 1.29 is 45.4 Å². The van der Waals surface area contributed by atoms with E-state index in [2.05, 4.69) is 15.0 Å². The maximum atomic E-state index is 13.0. The summed E-state index contributed by atoms with van der Waals surface area (Å²) in [6.07, 6.45) is -7.42. The number of carbonyl (C=O) groups excluding carboxylic acids is 2. The van der Waals surface area contributed by atoms with Gasteiger partial charge in [-0.3, -0.25) is 19.0 Å². The molecule has 0 radical (unpaired) electrons. The van der Waals surface area contributed by atoms with Crippen LogP contribution in [0, 0.1) is 20.4 Å². The molecular weight excluding hydrogens is 912 g/mol. The molecule has 2 N–H and O–H groups in total. The summed E-state index contributed by atoms with van der Waals surface area (Å²) in [5.74, 6) is 0.308. The van der Waals surface area contributed by atoms with Crippen LogP contribution in [0.15, 0.2) is 36.4 Å². The van der Waals surface area contributed by atoms with E-state index in [0.29, 0.717) is 66.9 Å². The number of benzene rings is 2. The van der Waals surface area contributed by atoms with Crippen molar-refractivity contribution in [3.8, 4) is 11.5 Å². The average Bonchev–Trinajstić information content (AvgIpc) is 3.70. The number of aromatic nitrogens is 4. The number of nitrogens with zero attached hydrogens (tertiary/aromatic N) is 7. The smallest absolute Gasteiger partial charge is 0.436 e. The van der Waals surface area contributed by atoms with E-state index in [0.717, 1.165) is 20.5 Å². The molecule has 12 nitrogen and oxygen atoms in total. The second-order valence-corrected chi connectivity index (χ2v) is 16.5. The van der Waals surface area contributed by atoms with Gasteiger partial charge in [0.15, 0.2) is 11.4 Å². The van der Waals surface area contributed by atoms with Crippen LogP contribution in [0.3, 0.4) is 0 Å². The molecule has 22 heteroatoms. The fraction of sp³-hybridized carbons (Fsp3) is 0.475. The van der Waals surface area contributed by atoms with Crippen molar-refractivity contribution in [1.29, 1.82) is 0 Å². The largest absolute Gasteiger partial charge is 0.495 e. The van der Waals surface area contributed by atoms with Gasteiger partial charge in [-0.25, -0.2) is 6.57 Å². The molecule has 2 aromatic carbocycles. The highest BCUT2D eigenvalue weighted by molar-refractivity contribution is 6.33. The molecule has 0 atom stereocenters. The Labute approximate surface area is 373 Å². The lowest BCUT2D eigenvalue weighted by molar-refractivity contribution is -0.142. The monoisotopic (exact) mass is 952 g/mol. The molecule has 6 rings (SSSR count). The molecule has 62 heavy (non-hydrogen) atoms. The molecule has 0 aliphatic carbocycles. The van der Waals surface area contributed by atoms with E-state index in [4.69, 9.17) is 68.2 Å². The van der Waals surface area contributed by atoms with Gasteiger partial charge in [0.1, 0.15) is 24.6 Å². The highest BCUT2D eigenvalue weighted by Crippen LogP contribution is 2.42. The minimum Gasteiger partial charge on any atom is -0.495 e. The van der Waals surface area contributed by atoms with Crippen LogP contribution in [0.25, 0.3) is 4.85 Å². The molecule has 2 aliphatic heterocycles. The number of hydrogen-bond donors (Lipinski definition) is 1. The van der Waals surface area contributed by atoms with E-state index >= 15 is 0 Å². The van der Waals surface area contributed by atoms with Gasteiger partial charge in [0, 0.05) is 56.5 Å². The maximum absolute atomic E-state index is 13.0. The molecule has 0 saturated carbocycles. The number of likely N-dealkylation sites (tertiary alicyclic amines) is 2. The summed E-state index contributed by atoms with van der Waals surface area (Å²) in [5, 5.41) is 6.91. The SMILES string of the molecule is COc1cc(C2(CN)CCN(C(=O)Cn3nc(C(F)(F)F)c(Cl)c3C)CC2)ccc1Cl.[C-]#[N+]C1(c2ccc(Cl)c(OC)c2)CCN(C(=O)Cn2nc(C(F)(F)F)c(Cl)c2C)CC1. The third kappa shape index (κ3) is 10.2. The van der Waals surface area contributed by atoms with Crippen LogP contribution in [-0.4, -0.2) is 88.1 Å². The molecular formula is C40H42Cl4F6N8O4. The van der Waals surface area contributed by atoms with Crippen LogP contribution in [0.4, 0.5) is 26.3 Å². The first-order valence-electron chi connectivity index (χ1n) is 19.0. The Bertz CT molecular complexity index is 2330. The fourth-order valence-electron chi connectivity index (χ4n) is 7.50. The highest BCUT2D eigenvalue weighted by Gasteiger charge is 2.45. The van der Waals surface area contributed by atoms with E-state index in [1.165, 1.54) is 33.0 Å². The number of halogens is 10. The highest BCUT2D eigenvalue weighted by atomic mass is 35.5. The van der Waals surface area contributed by atoms with Crippen molar-refractivity contribution in [2.75, 3.05) is 46.9 Å². The molecule has 0 bridgehead atoms. The maximum Gasteiger partial charge on any atom is 0.436 e. The Morgan fingerprint density at radius 1 is 0.726 bits per heavy atom. The minimum absolute atomic E-state index is 0.0723. The van der Waals surface area contributed by atoms with Crippen LogP contribution in [0.1, 0.15) is 59.6 Å². The molecule has 2 amide bonds. The number of methoxy groups -OCH3 is 2. The van der Waals surface area contributed by atoms with E-state index < -0.39 is 39.3 Å². The van der Waals surface area contributed by atoms with Crippen LogP contribution in [0.5, 0.6) is 11.5 Å².